The van der Waals surface area contributed by atoms with Gasteiger partial charge in [0.05, 0.1) is 28.7 Å². The molecule has 1 fully saturated rings. The summed E-state index contributed by atoms with van der Waals surface area (Å²) in [4.78, 5) is 43.3. The highest BCUT2D eigenvalue weighted by molar-refractivity contribution is 6.03. The Bertz CT molecular complexity index is 1840. The van der Waals surface area contributed by atoms with Crippen LogP contribution < -0.4 is 5.32 Å². The maximum Gasteiger partial charge on any atom is 0.417 e. The summed E-state index contributed by atoms with van der Waals surface area (Å²) in [7, 11) is 0. The molecule has 4 heterocycles. The van der Waals surface area contributed by atoms with Crippen LogP contribution in [-0.4, -0.2) is 69.2 Å². The van der Waals surface area contributed by atoms with Gasteiger partial charge in [-0.2, -0.15) is 13.2 Å². The molecule has 1 aliphatic carbocycles. The minimum absolute atomic E-state index is 0.0454. The number of carboxylic acids is 1. The Labute approximate surface area is 247 Å². The SMILES string of the molecule is C[C@@H](C1CC1)N1Cc2cc(-n3cc(-c4ccn5nc(NC(=O)OC(C)(C)C)c(C(=O)O)c5n4)nn3)cc(C(F)(F)F)c2C1=O. The largest absolute Gasteiger partial charge is 0.477 e. The molecule has 3 aromatic heterocycles. The van der Waals surface area contributed by atoms with E-state index in [1.54, 1.807) is 20.8 Å². The van der Waals surface area contributed by atoms with Gasteiger partial charge in [0.15, 0.2) is 11.5 Å². The molecule has 6 rings (SSSR count). The molecule has 2 aliphatic rings. The van der Waals surface area contributed by atoms with Crippen LogP contribution in [-0.2, 0) is 17.5 Å². The Morgan fingerprint density at radius 2 is 1.89 bits per heavy atom. The predicted molar refractivity (Wildman–Crippen MR) is 147 cm³/mol. The number of aromatic carboxylic acids is 1. The van der Waals surface area contributed by atoms with Gasteiger partial charge < -0.3 is 14.7 Å². The van der Waals surface area contributed by atoms with Gasteiger partial charge in [0, 0.05) is 18.8 Å². The Morgan fingerprint density at radius 3 is 2.52 bits per heavy atom. The topological polar surface area (TPSA) is 157 Å². The van der Waals surface area contributed by atoms with Crippen LogP contribution in [0.15, 0.2) is 30.6 Å². The number of aromatic nitrogens is 6. The first-order valence-electron chi connectivity index (χ1n) is 13.7. The summed E-state index contributed by atoms with van der Waals surface area (Å²) >= 11 is 0. The van der Waals surface area contributed by atoms with E-state index in [4.69, 9.17) is 4.74 Å². The lowest BCUT2D eigenvalue weighted by molar-refractivity contribution is -0.138. The molecule has 16 heteroatoms. The fraction of sp³-hybridized carbons (Fsp3) is 0.393. The molecule has 0 spiro atoms. The van der Waals surface area contributed by atoms with Gasteiger partial charge in [0.2, 0.25) is 0 Å². The zero-order chi connectivity index (χ0) is 31.7. The number of ether oxygens (including phenoxy) is 1. The Kier molecular flexibility index (Phi) is 6.62. The average molecular weight is 613 g/mol. The van der Waals surface area contributed by atoms with Crippen LogP contribution in [0.5, 0.6) is 0 Å². The third-order valence-corrected chi connectivity index (χ3v) is 7.46. The van der Waals surface area contributed by atoms with Crippen molar-refractivity contribution >= 4 is 29.4 Å². The van der Waals surface area contributed by atoms with Crippen LogP contribution in [0.1, 0.15) is 72.4 Å². The molecule has 4 aromatic rings. The van der Waals surface area contributed by atoms with Gasteiger partial charge in [-0.3, -0.25) is 10.1 Å². The maximum atomic E-state index is 14.2. The van der Waals surface area contributed by atoms with E-state index in [0.717, 1.165) is 28.1 Å². The smallest absolute Gasteiger partial charge is 0.417 e. The fourth-order valence-electron chi connectivity index (χ4n) is 5.24. The fourth-order valence-corrected chi connectivity index (χ4v) is 5.24. The summed E-state index contributed by atoms with van der Waals surface area (Å²) in [5.41, 5.74) is -2.21. The van der Waals surface area contributed by atoms with Crippen molar-refractivity contribution in [3.05, 3.63) is 52.8 Å². The van der Waals surface area contributed by atoms with E-state index in [9.17, 15) is 32.7 Å². The van der Waals surface area contributed by atoms with Gasteiger partial charge in [0.25, 0.3) is 5.91 Å². The summed E-state index contributed by atoms with van der Waals surface area (Å²) in [5.74, 6) is -2.06. The molecule has 1 aliphatic heterocycles. The molecule has 0 radical (unpaired) electrons. The van der Waals surface area contributed by atoms with Gasteiger partial charge in [0.1, 0.15) is 16.9 Å². The molecular formula is C28H27F3N8O5. The first kappa shape index (κ1) is 29.1. The minimum Gasteiger partial charge on any atom is -0.477 e. The van der Waals surface area contributed by atoms with Gasteiger partial charge in [-0.05, 0) is 70.2 Å². The number of halogens is 3. The molecule has 1 atom stereocenters. The van der Waals surface area contributed by atoms with E-state index in [1.165, 1.54) is 29.4 Å². The number of hydrogen-bond donors (Lipinski definition) is 2. The first-order chi connectivity index (χ1) is 20.6. The highest BCUT2D eigenvalue weighted by Crippen LogP contribution is 2.42. The quantitative estimate of drug-likeness (QED) is 0.312. The molecule has 230 valence electrons. The number of rotatable bonds is 6. The molecule has 1 aromatic carbocycles. The summed E-state index contributed by atoms with van der Waals surface area (Å²) < 4.78 is 50.0. The highest BCUT2D eigenvalue weighted by Gasteiger charge is 2.44. The van der Waals surface area contributed by atoms with Crippen LogP contribution >= 0.6 is 0 Å². The van der Waals surface area contributed by atoms with Crippen LogP contribution in [0.4, 0.5) is 23.8 Å². The number of benzene rings is 1. The number of carboxylic acid groups (broad SMARTS) is 1. The second kappa shape index (κ2) is 10.0. The lowest BCUT2D eigenvalue weighted by atomic mass is 10.0. The van der Waals surface area contributed by atoms with E-state index in [-0.39, 0.29) is 58.2 Å². The van der Waals surface area contributed by atoms with Crippen LogP contribution in [0.25, 0.3) is 22.7 Å². The first-order valence-corrected chi connectivity index (χ1v) is 13.7. The van der Waals surface area contributed by atoms with Gasteiger partial charge in [-0.1, -0.05) is 5.21 Å². The van der Waals surface area contributed by atoms with E-state index in [2.05, 4.69) is 25.7 Å². The summed E-state index contributed by atoms with van der Waals surface area (Å²) in [6, 6.07) is 3.64. The van der Waals surface area contributed by atoms with Crippen LogP contribution in [0.2, 0.25) is 0 Å². The average Bonchev–Trinajstić information content (AvgIpc) is 3.39. The number of carbonyl (C=O) groups excluding carboxylic acids is 2. The third kappa shape index (κ3) is 5.31. The molecule has 13 nitrogen and oxygen atoms in total. The summed E-state index contributed by atoms with van der Waals surface area (Å²) in [6.07, 6.45) is -1.08. The van der Waals surface area contributed by atoms with Crippen molar-refractivity contribution in [2.24, 2.45) is 5.92 Å². The van der Waals surface area contributed by atoms with E-state index in [1.807, 2.05) is 6.92 Å². The lowest BCUT2D eigenvalue weighted by Crippen LogP contribution is -2.35. The van der Waals surface area contributed by atoms with Crippen molar-refractivity contribution in [2.45, 2.75) is 64.9 Å². The molecule has 2 amide bonds. The normalized spacial score (nSPS) is 15.9. The molecule has 0 bridgehead atoms. The van der Waals surface area contributed by atoms with Gasteiger partial charge >= 0.3 is 18.2 Å². The van der Waals surface area contributed by atoms with Gasteiger partial charge in [-0.15, -0.1) is 10.2 Å². The molecular weight excluding hydrogens is 585 g/mol. The standard InChI is InChI=1S/C28H27F3N8O5/c1-13(14-5-6-14)37-11-15-9-16(10-17(28(29,30)31)20(15)24(37)40)39-12-19(34-36-39)18-7-8-38-23(32-18)21(25(41)42)22(35-38)33-26(43)44-27(2,3)4/h7-10,12-14H,5-6,11H2,1-4H3,(H,41,42)(H,33,35,43)/t13-/m0/s1. The van der Waals surface area contributed by atoms with E-state index in [0.29, 0.717) is 0 Å². The highest BCUT2D eigenvalue weighted by atomic mass is 19.4. The number of carbonyl (C=O) groups is 3. The zero-order valence-electron chi connectivity index (χ0n) is 24.0. The maximum absolute atomic E-state index is 14.2. The van der Waals surface area contributed by atoms with Gasteiger partial charge in [-0.25, -0.2) is 23.8 Å². The Balaban J connectivity index is 1.34. The number of nitrogens with zero attached hydrogens (tertiary/aromatic N) is 7. The second-order valence-corrected chi connectivity index (χ2v) is 11.8. The predicted octanol–water partition coefficient (Wildman–Crippen LogP) is 4.80. The Morgan fingerprint density at radius 1 is 1.16 bits per heavy atom. The number of alkyl halides is 3. The molecule has 1 saturated carbocycles. The number of hydrogen-bond acceptors (Lipinski definition) is 8. The molecule has 2 N–H and O–H groups in total. The zero-order valence-corrected chi connectivity index (χ0v) is 24.0. The van der Waals surface area contributed by atoms with Crippen LogP contribution in [0, 0.1) is 5.92 Å². The second-order valence-electron chi connectivity index (χ2n) is 11.8. The lowest BCUT2D eigenvalue weighted by Gasteiger charge is -2.24. The van der Waals surface area contributed by atoms with E-state index >= 15 is 0 Å². The van der Waals surface area contributed by atoms with Crippen molar-refractivity contribution in [3.8, 4) is 17.1 Å². The van der Waals surface area contributed by atoms with Crippen molar-refractivity contribution < 1.29 is 37.4 Å². The van der Waals surface area contributed by atoms with Crippen molar-refractivity contribution in [1.29, 1.82) is 0 Å². The number of amides is 2. The molecule has 44 heavy (non-hydrogen) atoms. The number of nitrogens with one attached hydrogen (secondary N) is 1. The monoisotopic (exact) mass is 612 g/mol. The summed E-state index contributed by atoms with van der Waals surface area (Å²) in [6.45, 7) is 6.85. The van der Waals surface area contributed by atoms with Crippen molar-refractivity contribution in [1.82, 2.24) is 34.5 Å². The van der Waals surface area contributed by atoms with Crippen LogP contribution in [0.3, 0.4) is 0 Å². The van der Waals surface area contributed by atoms with E-state index < -0.39 is 40.9 Å². The molecule has 0 unspecified atom stereocenters. The van der Waals surface area contributed by atoms with Crippen molar-refractivity contribution in [2.75, 3.05) is 5.32 Å². The molecule has 0 saturated heterocycles. The Hall–Kier alpha value is -5.02. The summed E-state index contributed by atoms with van der Waals surface area (Å²) in [5, 5.41) is 24.3. The number of fused-ring (bicyclic) bond motifs is 2. The number of anilines is 1. The third-order valence-electron chi connectivity index (χ3n) is 7.46. The minimum atomic E-state index is -4.79. The van der Waals surface area contributed by atoms with Crippen molar-refractivity contribution in [3.63, 3.8) is 0 Å².